The first-order valence-electron chi connectivity index (χ1n) is 9.73. The van der Waals surface area contributed by atoms with Gasteiger partial charge in [0.15, 0.2) is 0 Å². The molecule has 4 rings (SSSR count). The average Bonchev–Trinajstić information content (AvgIpc) is 3.00. The van der Waals surface area contributed by atoms with E-state index in [-0.39, 0.29) is 6.10 Å². The lowest BCUT2D eigenvalue weighted by molar-refractivity contribution is 0.162. The molecule has 0 spiro atoms. The topological polar surface area (TPSA) is 45.3 Å². The summed E-state index contributed by atoms with van der Waals surface area (Å²) in [5.41, 5.74) is 2.93. The molecular formula is C19H29N3O. The molecule has 1 atom stereocenters. The molecule has 4 heteroatoms. The molecule has 1 aliphatic carbocycles. The Labute approximate surface area is 140 Å². The van der Waals surface area contributed by atoms with Crippen molar-refractivity contribution in [2.24, 2.45) is 0 Å². The van der Waals surface area contributed by atoms with Gasteiger partial charge in [-0.1, -0.05) is 6.07 Å². The van der Waals surface area contributed by atoms with Gasteiger partial charge in [0, 0.05) is 12.1 Å². The number of hydrogen-bond donors (Lipinski definition) is 3. The number of nitrogens with one attached hydrogen (secondary N) is 3. The lowest BCUT2D eigenvalue weighted by Gasteiger charge is -2.27. The molecule has 3 N–H and O–H groups in total. The summed E-state index contributed by atoms with van der Waals surface area (Å²) >= 11 is 0. The van der Waals surface area contributed by atoms with Crippen molar-refractivity contribution in [2.75, 3.05) is 26.2 Å². The molecule has 2 heterocycles. The molecule has 2 saturated heterocycles. The number of piperidine rings is 2. The van der Waals surface area contributed by atoms with Gasteiger partial charge in [-0.2, -0.15) is 0 Å². The van der Waals surface area contributed by atoms with E-state index in [9.17, 15) is 0 Å². The van der Waals surface area contributed by atoms with E-state index in [1.54, 1.807) is 5.31 Å². The summed E-state index contributed by atoms with van der Waals surface area (Å²) in [6, 6.07) is 7.86. The zero-order chi connectivity index (χ0) is 16.4. The first kappa shape index (κ1) is 14.3. The number of fused-ring (bicyclic) bond motifs is 1. The van der Waals surface area contributed by atoms with Crippen molar-refractivity contribution < 1.29 is 6.15 Å². The van der Waals surface area contributed by atoms with Crippen LogP contribution in [-0.2, 0) is 6.42 Å². The fraction of sp³-hybridized carbons (Fsp3) is 0.684. The standard InChI is InChI=1S/C19H29N3O/c1-4-19(22-15-5-9-20-10-6-15)18-3-2-17(13-14(1)18)23-16-7-11-21-12-8-16/h2-3,13,15-16,19-22H,1,4-12H2/i/hT. The maximum atomic E-state index is 7.64. The van der Waals surface area contributed by atoms with Crippen molar-refractivity contribution in [1.82, 2.24) is 15.9 Å². The second kappa shape index (κ2) is 7.20. The van der Waals surface area contributed by atoms with Crippen LogP contribution in [0.4, 0.5) is 0 Å². The van der Waals surface area contributed by atoms with Crippen LogP contribution in [0.15, 0.2) is 18.2 Å². The highest BCUT2D eigenvalue weighted by Crippen LogP contribution is 2.34. The highest BCUT2D eigenvalue weighted by atomic mass is 16.5. The van der Waals surface area contributed by atoms with Crippen LogP contribution < -0.4 is 20.7 Å². The van der Waals surface area contributed by atoms with Gasteiger partial charge >= 0.3 is 0 Å². The molecule has 0 radical (unpaired) electrons. The maximum absolute atomic E-state index is 7.64. The smallest absolute Gasteiger partial charge is 0.122 e. The van der Waals surface area contributed by atoms with E-state index in [1.807, 2.05) is 0 Å². The molecular weight excluding hydrogens is 286 g/mol. The first-order valence-corrected chi connectivity index (χ1v) is 9.28. The largest absolute Gasteiger partial charge is 0.490 e. The summed E-state index contributed by atoms with van der Waals surface area (Å²) in [4.78, 5) is 0. The summed E-state index contributed by atoms with van der Waals surface area (Å²) in [5.74, 6) is 1.01. The van der Waals surface area contributed by atoms with E-state index in [0.717, 1.165) is 51.2 Å². The SMILES string of the molecule is [3H]N1CCC(Oc2ccc3c(c2)CCC3NC2CCNCC2)CC1. The van der Waals surface area contributed by atoms with Crippen molar-refractivity contribution >= 4 is 0 Å². The van der Waals surface area contributed by atoms with Crippen molar-refractivity contribution in [1.29, 1.82) is 0 Å². The molecule has 3 aliphatic rings. The Bertz CT molecular complexity index is 554. The number of hydrogen-bond acceptors (Lipinski definition) is 4. The Morgan fingerprint density at radius 1 is 1.04 bits per heavy atom. The Kier molecular flexibility index (Phi) is 4.47. The second-order valence-electron chi connectivity index (χ2n) is 7.13. The van der Waals surface area contributed by atoms with Crippen molar-refractivity contribution in [3.05, 3.63) is 29.3 Å². The van der Waals surface area contributed by atoms with Gasteiger partial charge < -0.3 is 20.7 Å². The first-order chi connectivity index (χ1) is 11.8. The molecule has 2 fully saturated rings. The molecule has 23 heavy (non-hydrogen) atoms. The van der Waals surface area contributed by atoms with Gasteiger partial charge in [-0.05, 0) is 88.0 Å². The Hall–Kier alpha value is -1.10. The number of ether oxygens (including phenoxy) is 1. The predicted molar refractivity (Wildman–Crippen MR) is 93.1 cm³/mol. The molecule has 1 aromatic rings. The van der Waals surface area contributed by atoms with Crippen molar-refractivity contribution in [3.8, 4) is 5.75 Å². The Morgan fingerprint density at radius 3 is 2.70 bits per heavy atom. The molecule has 0 saturated carbocycles. The third-order valence-electron chi connectivity index (χ3n) is 5.49. The third-order valence-corrected chi connectivity index (χ3v) is 5.49. The van der Waals surface area contributed by atoms with Crippen LogP contribution in [-0.4, -0.2) is 38.3 Å². The zero-order valence-corrected chi connectivity index (χ0v) is 13.9. The van der Waals surface area contributed by atoms with Crippen LogP contribution in [0.1, 0.15) is 49.3 Å². The predicted octanol–water partition coefficient (Wildman–Crippen LogP) is 2.15. The number of aryl methyl sites for hydroxylation is 1. The monoisotopic (exact) mass is 317 g/mol. The second-order valence-corrected chi connectivity index (χ2v) is 7.13. The fourth-order valence-electron chi connectivity index (χ4n) is 4.15. The summed E-state index contributed by atoms with van der Waals surface area (Å²) < 4.78 is 13.8. The molecule has 4 nitrogen and oxygen atoms in total. The highest BCUT2D eigenvalue weighted by Gasteiger charge is 2.26. The van der Waals surface area contributed by atoms with E-state index < -0.39 is 0 Å². The lowest BCUT2D eigenvalue weighted by atomic mass is 10.0. The van der Waals surface area contributed by atoms with Crippen LogP contribution >= 0.6 is 0 Å². The van der Waals surface area contributed by atoms with Crippen LogP contribution in [0.2, 0.25) is 1.41 Å². The van der Waals surface area contributed by atoms with E-state index in [1.165, 1.54) is 30.4 Å². The minimum atomic E-state index is 0.273. The Balaban J connectivity index is 1.37. The maximum Gasteiger partial charge on any atom is 0.122 e. The number of rotatable bonds is 4. The van der Waals surface area contributed by atoms with E-state index >= 15 is 0 Å². The summed E-state index contributed by atoms with van der Waals surface area (Å²) in [5, 5.41) is 8.95. The van der Waals surface area contributed by atoms with Gasteiger partial charge in [0.05, 0.1) is 0 Å². The van der Waals surface area contributed by atoms with Crippen molar-refractivity contribution in [3.63, 3.8) is 0 Å². The molecule has 126 valence electrons. The fourth-order valence-corrected chi connectivity index (χ4v) is 4.15. The van der Waals surface area contributed by atoms with E-state index in [0.29, 0.717) is 12.1 Å². The molecule has 2 aliphatic heterocycles. The van der Waals surface area contributed by atoms with Crippen LogP contribution in [0.5, 0.6) is 5.75 Å². The number of benzene rings is 1. The van der Waals surface area contributed by atoms with Crippen LogP contribution in [0.3, 0.4) is 0 Å². The van der Waals surface area contributed by atoms with Crippen molar-refractivity contribution in [2.45, 2.75) is 56.7 Å². The van der Waals surface area contributed by atoms with E-state index in [4.69, 9.17) is 6.15 Å². The molecule has 1 unspecified atom stereocenters. The zero-order valence-electron chi connectivity index (χ0n) is 14.9. The van der Waals surface area contributed by atoms with Gasteiger partial charge in [0.2, 0.25) is 0 Å². The Morgan fingerprint density at radius 2 is 1.87 bits per heavy atom. The molecule has 0 bridgehead atoms. The summed E-state index contributed by atoms with van der Waals surface area (Å²) in [6.45, 7) is 3.91. The third kappa shape index (κ3) is 3.70. The average molecular weight is 317 g/mol. The lowest BCUT2D eigenvalue weighted by Crippen LogP contribution is -2.41. The summed E-state index contributed by atoms with van der Waals surface area (Å²) in [7, 11) is 0. The minimum Gasteiger partial charge on any atom is -0.490 e. The highest BCUT2D eigenvalue weighted by molar-refractivity contribution is 5.40. The quantitative estimate of drug-likeness (QED) is 0.796. The molecule has 1 aromatic carbocycles. The van der Waals surface area contributed by atoms with Crippen LogP contribution in [0.25, 0.3) is 0 Å². The molecule has 0 aromatic heterocycles. The normalized spacial score (nSPS) is 27.7. The van der Waals surface area contributed by atoms with Gasteiger partial charge in [0.25, 0.3) is 0 Å². The van der Waals surface area contributed by atoms with Gasteiger partial charge in [-0.3, -0.25) is 0 Å². The van der Waals surface area contributed by atoms with Gasteiger partial charge in [0.1, 0.15) is 13.3 Å². The minimum absolute atomic E-state index is 0.273. The van der Waals surface area contributed by atoms with Crippen LogP contribution in [0, 0.1) is 0 Å². The summed E-state index contributed by atoms with van der Waals surface area (Å²) in [6.07, 6.45) is 7.03. The molecule has 0 amide bonds. The van der Waals surface area contributed by atoms with Gasteiger partial charge in [-0.15, -0.1) is 0 Å². The van der Waals surface area contributed by atoms with Gasteiger partial charge in [-0.25, -0.2) is 0 Å². The van der Waals surface area contributed by atoms with E-state index in [2.05, 4.69) is 28.8 Å².